The second kappa shape index (κ2) is 7.23. The molecule has 0 saturated carbocycles. The maximum absolute atomic E-state index is 12.8. The summed E-state index contributed by atoms with van der Waals surface area (Å²) in [4.78, 5) is 28.8. The van der Waals surface area contributed by atoms with Gasteiger partial charge in [0.05, 0.1) is 10.6 Å². The lowest BCUT2D eigenvalue weighted by Crippen LogP contribution is -2.23. The van der Waals surface area contributed by atoms with Gasteiger partial charge in [-0.25, -0.2) is 0 Å². The predicted octanol–water partition coefficient (Wildman–Crippen LogP) is 1.76. The van der Waals surface area contributed by atoms with Crippen LogP contribution in [-0.2, 0) is 19.9 Å². The van der Waals surface area contributed by atoms with Crippen molar-refractivity contribution in [2.75, 3.05) is 30.3 Å². The minimum absolute atomic E-state index is 0.114. The third-order valence-corrected chi connectivity index (χ3v) is 7.58. The molecule has 3 N–H and O–H groups in total. The first-order chi connectivity index (χ1) is 13.4. The van der Waals surface area contributed by atoms with Gasteiger partial charge in [-0.1, -0.05) is 32.0 Å². The number of H-pyrrole nitrogens is 1. The zero-order valence-corrected chi connectivity index (χ0v) is 18.3. The van der Waals surface area contributed by atoms with Crippen LogP contribution >= 0.6 is 0 Å². The Morgan fingerprint density at radius 1 is 1.00 bits per heavy atom. The van der Waals surface area contributed by atoms with E-state index in [4.69, 9.17) is 0 Å². The zero-order chi connectivity index (χ0) is 21.6. The number of aromatic hydroxyl groups is 1. The van der Waals surface area contributed by atoms with Crippen molar-refractivity contribution in [1.82, 2.24) is 4.98 Å². The third kappa shape index (κ3) is 4.15. The Morgan fingerprint density at radius 3 is 2.24 bits per heavy atom. The fraction of sp³-hybridized carbons (Fsp3) is 0.200. The van der Waals surface area contributed by atoms with Crippen LogP contribution in [-0.4, -0.2) is 49.4 Å². The minimum Gasteiger partial charge on any atom is -0.507 e. The highest BCUT2D eigenvalue weighted by Crippen LogP contribution is 2.35. The van der Waals surface area contributed by atoms with Crippen LogP contribution in [0.5, 0.6) is 5.75 Å². The van der Waals surface area contributed by atoms with Gasteiger partial charge in [0.25, 0.3) is 5.91 Å². The maximum atomic E-state index is 12.8. The molecule has 0 aliphatic rings. The molecule has 1 heterocycles. The molecule has 0 radical (unpaired) electrons. The Bertz CT molecular complexity index is 1280. The van der Waals surface area contributed by atoms with Crippen LogP contribution < -0.4 is 10.7 Å². The number of aromatic amines is 1. The van der Waals surface area contributed by atoms with E-state index in [2.05, 4.69) is 10.3 Å². The smallest absolute Gasteiger partial charge is 0.261 e. The van der Waals surface area contributed by atoms with E-state index >= 15 is 0 Å². The number of rotatable bonds is 4. The average Bonchev–Trinajstić information content (AvgIpc) is 2.60. The number of amides is 1. The highest BCUT2D eigenvalue weighted by Gasteiger charge is 2.22. The lowest BCUT2D eigenvalue weighted by molar-refractivity contribution is 0.102. The van der Waals surface area contributed by atoms with Gasteiger partial charge in [0.1, 0.15) is 11.3 Å². The highest BCUT2D eigenvalue weighted by molar-refractivity contribution is 8.02. The second-order valence-electron chi connectivity index (χ2n) is 7.59. The monoisotopic (exact) mass is 436 g/mol. The number of aromatic nitrogens is 1. The molecule has 0 spiro atoms. The summed E-state index contributed by atoms with van der Waals surface area (Å²) in [5.74, 6) is -0.965. The molecule has 1 aromatic heterocycles. The predicted molar refractivity (Wildman–Crippen MR) is 120 cm³/mol. The number of benzene rings is 2. The summed E-state index contributed by atoms with van der Waals surface area (Å²) >= 11 is 0. The molecule has 0 fully saturated rings. The molecule has 7 nitrogen and oxygen atoms in total. The van der Waals surface area contributed by atoms with E-state index in [0.29, 0.717) is 10.9 Å². The summed E-state index contributed by atoms with van der Waals surface area (Å²) in [6.07, 6.45) is 7.33. The fourth-order valence-corrected chi connectivity index (χ4v) is 5.37. The van der Waals surface area contributed by atoms with Gasteiger partial charge in [0.2, 0.25) is 5.43 Å². The molecule has 0 unspecified atom stereocenters. The Morgan fingerprint density at radius 2 is 1.62 bits per heavy atom. The Kier molecular flexibility index (Phi) is 5.22. The maximum Gasteiger partial charge on any atom is 0.261 e. The molecule has 0 aliphatic heterocycles. The van der Waals surface area contributed by atoms with E-state index in [1.807, 2.05) is 0 Å². The number of phenolic OH excluding ortho intramolecular Hbond substituents is 1. The van der Waals surface area contributed by atoms with Gasteiger partial charge in [-0.05, 0) is 43.2 Å². The van der Waals surface area contributed by atoms with E-state index in [9.17, 15) is 23.1 Å². The van der Waals surface area contributed by atoms with Crippen molar-refractivity contribution in [3.8, 4) is 5.75 Å². The number of thiol groups is 2. The first-order valence-electron chi connectivity index (χ1n) is 8.79. The van der Waals surface area contributed by atoms with Gasteiger partial charge >= 0.3 is 0 Å². The largest absolute Gasteiger partial charge is 0.507 e. The molecule has 29 heavy (non-hydrogen) atoms. The van der Waals surface area contributed by atoms with Crippen LogP contribution in [0, 0.1) is 0 Å². The number of carbonyl (C=O) groups is 1. The van der Waals surface area contributed by atoms with Gasteiger partial charge in [0, 0.05) is 28.1 Å². The number of hydrogen-bond donors (Lipinski definition) is 5. The molecular weight excluding hydrogens is 412 g/mol. The SMILES string of the molecule is C[SH](C)(=O)c1cc([SH](C)(C)=O)c(NC(=O)c2c[nH]c3ccccc3c2=O)cc1O. The first kappa shape index (κ1) is 20.9. The van der Waals surface area contributed by atoms with Crippen molar-refractivity contribution in [3.05, 3.63) is 58.4 Å². The van der Waals surface area contributed by atoms with Crippen LogP contribution in [0.1, 0.15) is 10.4 Å². The molecule has 156 valence electrons. The normalized spacial score (nSPS) is 13.2. The van der Waals surface area contributed by atoms with Gasteiger partial charge in [-0.2, -0.15) is 0 Å². The summed E-state index contributed by atoms with van der Waals surface area (Å²) in [5.41, 5.74) is 0.162. The average molecular weight is 437 g/mol. The molecular formula is C20H24N2O5S2. The second-order valence-corrected chi connectivity index (χ2v) is 14.0. The highest BCUT2D eigenvalue weighted by atomic mass is 32.2. The van der Waals surface area contributed by atoms with Crippen LogP contribution in [0.15, 0.2) is 57.2 Å². The van der Waals surface area contributed by atoms with Crippen LogP contribution in [0.25, 0.3) is 10.9 Å². The number of carbonyl (C=O) groups excluding carboxylic acids is 1. The summed E-state index contributed by atoms with van der Waals surface area (Å²) in [7, 11) is -5.74. The molecule has 9 heteroatoms. The number of para-hydroxylation sites is 1. The summed E-state index contributed by atoms with van der Waals surface area (Å²) < 4.78 is 25.3. The lowest BCUT2D eigenvalue weighted by atomic mass is 10.1. The topological polar surface area (TPSA) is 116 Å². The number of hydrogen-bond acceptors (Lipinski definition) is 5. The Labute approximate surface area is 170 Å². The molecule has 0 bridgehead atoms. The van der Waals surface area contributed by atoms with Crippen molar-refractivity contribution in [3.63, 3.8) is 0 Å². The number of phenols is 1. The summed E-state index contributed by atoms with van der Waals surface area (Å²) in [6, 6.07) is 9.46. The lowest BCUT2D eigenvalue weighted by Gasteiger charge is -2.22. The molecule has 1 amide bonds. The third-order valence-electron chi connectivity index (χ3n) is 4.53. The molecule has 0 saturated heterocycles. The van der Waals surface area contributed by atoms with E-state index in [0.717, 1.165) is 0 Å². The van der Waals surface area contributed by atoms with Crippen LogP contribution in [0.3, 0.4) is 0 Å². The Hall–Kier alpha value is -2.78. The number of fused-ring (bicyclic) bond motifs is 1. The van der Waals surface area contributed by atoms with Crippen molar-refractivity contribution in [1.29, 1.82) is 0 Å². The summed E-state index contributed by atoms with van der Waals surface area (Å²) in [5, 5.41) is 13.3. The molecule has 3 aromatic rings. The standard InChI is InChI=1S/C20H24N2O5S2/c1-28(2,26)17-10-18(29(3,4)27)16(23)9-15(17)22-20(25)13-11-21-14-8-6-5-7-12(14)19(13)24/h5-11,23,28-29H,1-4H3,(H,21,24)(H,22,25). The van der Waals surface area contributed by atoms with E-state index in [1.54, 1.807) is 24.3 Å². The van der Waals surface area contributed by atoms with Crippen LogP contribution in [0.4, 0.5) is 5.69 Å². The van der Waals surface area contributed by atoms with E-state index in [1.165, 1.54) is 43.4 Å². The molecule has 0 aliphatic carbocycles. The van der Waals surface area contributed by atoms with Crippen molar-refractivity contribution >= 4 is 42.4 Å². The van der Waals surface area contributed by atoms with E-state index in [-0.39, 0.29) is 26.8 Å². The Balaban J connectivity index is 2.11. The van der Waals surface area contributed by atoms with Gasteiger partial charge < -0.3 is 15.4 Å². The van der Waals surface area contributed by atoms with Gasteiger partial charge in [-0.15, -0.1) is 0 Å². The van der Waals surface area contributed by atoms with Gasteiger partial charge in [0.15, 0.2) is 0 Å². The fourth-order valence-electron chi connectivity index (χ4n) is 3.07. The van der Waals surface area contributed by atoms with Crippen molar-refractivity contribution in [2.24, 2.45) is 0 Å². The zero-order valence-electron chi connectivity index (χ0n) is 16.5. The van der Waals surface area contributed by atoms with Crippen LogP contribution in [0.2, 0.25) is 0 Å². The number of pyridine rings is 1. The van der Waals surface area contributed by atoms with E-state index < -0.39 is 31.2 Å². The molecule has 0 atom stereocenters. The molecule has 3 rings (SSSR count). The van der Waals surface area contributed by atoms with Crippen molar-refractivity contribution < 1.29 is 18.3 Å². The minimum atomic E-state index is -2.90. The number of anilines is 1. The number of nitrogens with one attached hydrogen (secondary N) is 2. The molecule has 2 aromatic carbocycles. The summed E-state index contributed by atoms with van der Waals surface area (Å²) in [6.45, 7) is 0. The quantitative estimate of drug-likeness (QED) is 0.400. The van der Waals surface area contributed by atoms with Gasteiger partial charge in [-0.3, -0.25) is 18.0 Å². The van der Waals surface area contributed by atoms with Crippen molar-refractivity contribution in [2.45, 2.75) is 9.79 Å². The first-order valence-corrected chi connectivity index (χ1v) is 14.0.